The zero-order valence-electron chi connectivity index (χ0n) is 18.4. The van der Waals surface area contributed by atoms with E-state index in [1.165, 1.54) is 25.1 Å². The number of nitrogens with one attached hydrogen (secondary N) is 1. The Balaban J connectivity index is 1.50. The van der Waals surface area contributed by atoms with Gasteiger partial charge in [-0.15, -0.1) is 10.2 Å². The lowest BCUT2D eigenvalue weighted by Gasteiger charge is -2.10. The summed E-state index contributed by atoms with van der Waals surface area (Å²) in [6.07, 6.45) is 1.34. The lowest BCUT2D eigenvalue weighted by Crippen LogP contribution is -2.20. The van der Waals surface area contributed by atoms with Crippen molar-refractivity contribution in [3.63, 3.8) is 0 Å². The quantitative estimate of drug-likeness (QED) is 0.185. The maximum absolute atomic E-state index is 12.4. The summed E-state index contributed by atoms with van der Waals surface area (Å²) in [6.45, 7) is 0. The molecule has 0 aliphatic heterocycles. The van der Waals surface area contributed by atoms with Crippen LogP contribution in [0.1, 0.15) is 5.56 Å². The summed E-state index contributed by atoms with van der Waals surface area (Å²) in [4.78, 5) is 12.4. The number of para-hydroxylation sites is 1. The predicted molar refractivity (Wildman–Crippen MR) is 138 cm³/mol. The zero-order chi connectivity index (χ0) is 24.8. The van der Waals surface area contributed by atoms with Crippen molar-refractivity contribution in [3.05, 3.63) is 82.3 Å². The maximum atomic E-state index is 12.4. The molecule has 0 radical (unpaired) electrons. The van der Waals surface area contributed by atoms with Crippen LogP contribution in [0.5, 0.6) is 11.5 Å². The lowest BCUT2D eigenvalue weighted by molar-refractivity contribution is -0.118. The molecule has 3 aromatic carbocycles. The molecule has 0 unspecified atom stereocenters. The highest BCUT2D eigenvalue weighted by atomic mass is 35.5. The summed E-state index contributed by atoms with van der Waals surface area (Å²) < 4.78 is 6.91. The summed E-state index contributed by atoms with van der Waals surface area (Å²) in [5.74, 6) is 0.529. The molecule has 0 bridgehead atoms. The molecule has 0 saturated heterocycles. The smallest absolute Gasteiger partial charge is 0.250 e. The Morgan fingerprint density at radius 3 is 2.46 bits per heavy atom. The number of rotatable bonds is 8. The largest absolute Gasteiger partial charge is 0.504 e. The Morgan fingerprint density at radius 2 is 1.77 bits per heavy atom. The second-order valence-corrected chi connectivity index (χ2v) is 8.92. The van der Waals surface area contributed by atoms with Crippen molar-refractivity contribution in [2.75, 3.05) is 12.9 Å². The van der Waals surface area contributed by atoms with Gasteiger partial charge in [0.15, 0.2) is 22.5 Å². The third-order valence-electron chi connectivity index (χ3n) is 4.80. The number of hydrogen-bond donors (Lipinski definition) is 2. The maximum Gasteiger partial charge on any atom is 0.250 e. The van der Waals surface area contributed by atoms with Crippen molar-refractivity contribution >= 4 is 47.1 Å². The number of amides is 1. The first kappa shape index (κ1) is 24.6. The van der Waals surface area contributed by atoms with Gasteiger partial charge in [0.1, 0.15) is 0 Å². The minimum Gasteiger partial charge on any atom is -0.504 e. The number of aromatic hydroxyl groups is 1. The zero-order valence-corrected chi connectivity index (χ0v) is 20.7. The Hall–Kier alpha value is -3.53. The third kappa shape index (κ3) is 5.94. The molecule has 4 rings (SSSR count). The minimum atomic E-state index is -0.354. The van der Waals surface area contributed by atoms with Gasteiger partial charge in [-0.05, 0) is 60.7 Å². The van der Waals surface area contributed by atoms with E-state index in [1.807, 2.05) is 28.8 Å². The van der Waals surface area contributed by atoms with Gasteiger partial charge in [0.25, 0.3) is 5.91 Å². The number of carbonyl (C=O) groups excluding carboxylic acids is 1. The average Bonchev–Trinajstić information content (AvgIpc) is 3.28. The number of thioether (sulfide) groups is 1. The number of halogens is 2. The van der Waals surface area contributed by atoms with E-state index < -0.39 is 0 Å². The summed E-state index contributed by atoms with van der Waals surface area (Å²) >= 11 is 13.3. The molecule has 0 aliphatic rings. The molecule has 2 N–H and O–H groups in total. The number of methoxy groups -OCH3 is 1. The van der Waals surface area contributed by atoms with Crippen molar-refractivity contribution in [1.82, 2.24) is 20.2 Å². The highest BCUT2D eigenvalue weighted by Crippen LogP contribution is 2.30. The van der Waals surface area contributed by atoms with Crippen LogP contribution in [-0.4, -0.2) is 44.9 Å². The molecule has 1 amide bonds. The van der Waals surface area contributed by atoms with E-state index in [1.54, 1.807) is 42.5 Å². The number of phenols is 1. The van der Waals surface area contributed by atoms with Crippen LogP contribution in [0, 0.1) is 0 Å². The fraction of sp³-hybridized carbons (Fsp3) is 0.0833. The number of aromatic nitrogens is 3. The predicted octanol–water partition coefficient (Wildman–Crippen LogP) is 5.20. The van der Waals surface area contributed by atoms with E-state index in [9.17, 15) is 9.90 Å². The van der Waals surface area contributed by atoms with E-state index in [4.69, 9.17) is 27.9 Å². The van der Waals surface area contributed by atoms with Crippen molar-refractivity contribution in [2.45, 2.75) is 5.16 Å². The van der Waals surface area contributed by atoms with Crippen LogP contribution in [0.25, 0.3) is 17.1 Å². The Bertz CT molecular complexity index is 1360. The van der Waals surface area contributed by atoms with Gasteiger partial charge >= 0.3 is 0 Å². The SMILES string of the molecule is COc1cccc(/C=N/NC(=O)CSc2nnc(-c3ccc(Cl)cc3)n2-c2ccc(Cl)cc2)c1O. The topological polar surface area (TPSA) is 102 Å². The van der Waals surface area contributed by atoms with E-state index in [0.29, 0.717) is 32.3 Å². The first-order valence-electron chi connectivity index (χ1n) is 10.2. The Morgan fingerprint density at radius 1 is 1.09 bits per heavy atom. The van der Waals surface area contributed by atoms with Gasteiger partial charge in [-0.3, -0.25) is 9.36 Å². The lowest BCUT2D eigenvalue weighted by atomic mass is 10.2. The van der Waals surface area contributed by atoms with Gasteiger partial charge in [-0.2, -0.15) is 5.10 Å². The van der Waals surface area contributed by atoms with E-state index in [2.05, 4.69) is 20.7 Å². The fourth-order valence-corrected chi connectivity index (χ4v) is 4.11. The van der Waals surface area contributed by atoms with Gasteiger partial charge in [-0.1, -0.05) is 41.0 Å². The molecular weight excluding hydrogens is 509 g/mol. The summed E-state index contributed by atoms with van der Waals surface area (Å²) in [6, 6.07) is 19.5. The minimum absolute atomic E-state index is 0.0355. The second-order valence-electron chi connectivity index (χ2n) is 7.10. The van der Waals surface area contributed by atoms with Crippen molar-refractivity contribution < 1.29 is 14.6 Å². The molecule has 8 nitrogen and oxygen atoms in total. The van der Waals surface area contributed by atoms with Crippen LogP contribution in [0.4, 0.5) is 0 Å². The number of carbonyl (C=O) groups is 1. The summed E-state index contributed by atoms with van der Waals surface area (Å²) in [5, 5.41) is 24.4. The van der Waals surface area contributed by atoms with Gasteiger partial charge in [0, 0.05) is 26.9 Å². The van der Waals surface area contributed by atoms with Crippen LogP contribution in [0.15, 0.2) is 77.0 Å². The molecule has 1 aromatic heterocycles. The normalized spacial score (nSPS) is 11.1. The van der Waals surface area contributed by atoms with Crippen LogP contribution < -0.4 is 10.2 Å². The van der Waals surface area contributed by atoms with Crippen LogP contribution >= 0.6 is 35.0 Å². The molecular formula is C24H19Cl2N5O3S. The molecule has 178 valence electrons. The highest BCUT2D eigenvalue weighted by Gasteiger charge is 2.17. The van der Waals surface area contributed by atoms with Crippen LogP contribution in [-0.2, 0) is 4.79 Å². The summed E-state index contributed by atoms with van der Waals surface area (Å²) in [7, 11) is 1.45. The van der Waals surface area contributed by atoms with Crippen molar-refractivity contribution in [2.24, 2.45) is 5.10 Å². The summed E-state index contributed by atoms with van der Waals surface area (Å²) in [5.41, 5.74) is 4.46. The standard InChI is InChI=1S/C24H19Cl2N5O3S/c1-34-20-4-2-3-16(22(20)33)13-27-28-21(32)14-35-24-30-29-23(15-5-7-17(25)8-6-15)31(24)19-11-9-18(26)10-12-19/h2-13,33H,14H2,1H3,(H,28,32)/b27-13+. The Labute approximate surface area is 215 Å². The number of nitrogens with zero attached hydrogens (tertiary/aromatic N) is 4. The molecule has 0 spiro atoms. The number of hydrogen-bond acceptors (Lipinski definition) is 7. The van der Waals surface area contributed by atoms with E-state index >= 15 is 0 Å². The first-order valence-corrected chi connectivity index (χ1v) is 12.0. The van der Waals surface area contributed by atoms with Crippen LogP contribution in [0.3, 0.4) is 0 Å². The van der Waals surface area contributed by atoms with Crippen molar-refractivity contribution in [3.8, 4) is 28.6 Å². The fourth-order valence-electron chi connectivity index (χ4n) is 3.12. The molecule has 1 heterocycles. The van der Waals surface area contributed by atoms with E-state index in [-0.39, 0.29) is 17.4 Å². The van der Waals surface area contributed by atoms with Gasteiger partial charge in [0.2, 0.25) is 0 Å². The Kier molecular flexibility index (Phi) is 7.91. The first-order chi connectivity index (χ1) is 17.0. The monoisotopic (exact) mass is 527 g/mol. The molecule has 35 heavy (non-hydrogen) atoms. The molecule has 4 aromatic rings. The number of ether oxygens (including phenoxy) is 1. The van der Waals surface area contributed by atoms with Gasteiger partial charge in [0.05, 0.1) is 19.1 Å². The molecule has 0 saturated carbocycles. The van der Waals surface area contributed by atoms with E-state index in [0.717, 1.165) is 11.3 Å². The van der Waals surface area contributed by atoms with Crippen molar-refractivity contribution in [1.29, 1.82) is 0 Å². The second kappa shape index (κ2) is 11.3. The molecule has 0 aliphatic carbocycles. The average molecular weight is 528 g/mol. The van der Waals surface area contributed by atoms with Gasteiger partial charge in [-0.25, -0.2) is 5.43 Å². The van der Waals surface area contributed by atoms with Gasteiger partial charge < -0.3 is 9.84 Å². The molecule has 11 heteroatoms. The molecule has 0 fully saturated rings. The number of phenolic OH excluding ortho intramolecular Hbond substituents is 1. The number of benzene rings is 3. The number of hydrazone groups is 1. The van der Waals surface area contributed by atoms with Crippen LogP contribution in [0.2, 0.25) is 10.0 Å². The molecule has 0 atom stereocenters. The third-order valence-corrected chi connectivity index (χ3v) is 6.23. The highest BCUT2D eigenvalue weighted by molar-refractivity contribution is 7.99.